The average Bonchev–Trinajstić information content (AvgIpc) is 2.82. The summed E-state index contributed by atoms with van der Waals surface area (Å²) < 4.78 is 26.3. The molecule has 2 rings (SSSR count). The van der Waals surface area contributed by atoms with Gasteiger partial charge in [0.1, 0.15) is 17.5 Å². The van der Waals surface area contributed by atoms with E-state index < -0.39 is 17.5 Å². The SMILES string of the molecule is N#Cc1cn[nH]c1NC(=O)Cc1cccc(F)c1F. The lowest BCUT2D eigenvalue weighted by Gasteiger charge is -2.04. The number of nitrogens with zero attached hydrogens (tertiary/aromatic N) is 2. The number of carbonyl (C=O) groups is 1. The molecule has 0 saturated carbocycles. The maximum absolute atomic E-state index is 13.4. The van der Waals surface area contributed by atoms with Gasteiger partial charge >= 0.3 is 0 Å². The minimum Gasteiger partial charge on any atom is -0.310 e. The highest BCUT2D eigenvalue weighted by Gasteiger charge is 2.13. The van der Waals surface area contributed by atoms with Crippen molar-refractivity contribution in [1.29, 1.82) is 5.26 Å². The molecule has 0 radical (unpaired) electrons. The van der Waals surface area contributed by atoms with Crippen molar-refractivity contribution < 1.29 is 13.6 Å². The lowest BCUT2D eigenvalue weighted by molar-refractivity contribution is -0.115. The van der Waals surface area contributed by atoms with Crippen molar-refractivity contribution in [2.24, 2.45) is 0 Å². The molecule has 5 nitrogen and oxygen atoms in total. The zero-order valence-electron chi connectivity index (χ0n) is 9.58. The minimum absolute atomic E-state index is 0.0597. The number of nitriles is 1. The molecule has 0 fully saturated rings. The van der Waals surface area contributed by atoms with Crippen LogP contribution in [0.5, 0.6) is 0 Å². The minimum atomic E-state index is -1.05. The van der Waals surface area contributed by atoms with Gasteiger partial charge in [-0.1, -0.05) is 12.1 Å². The standard InChI is InChI=1S/C12H8F2N4O/c13-9-3-1-2-7(11(9)14)4-10(19)17-12-8(5-15)6-16-18-12/h1-3,6H,4H2,(H2,16,17,18,19). The topological polar surface area (TPSA) is 81.6 Å². The number of H-pyrrole nitrogens is 1. The molecular formula is C12H8F2N4O. The zero-order valence-corrected chi connectivity index (χ0v) is 9.58. The average molecular weight is 262 g/mol. The fraction of sp³-hybridized carbons (Fsp3) is 0.0833. The molecule has 0 saturated heterocycles. The first-order chi connectivity index (χ1) is 9.11. The van der Waals surface area contributed by atoms with Crippen LogP contribution in [0.3, 0.4) is 0 Å². The van der Waals surface area contributed by atoms with Crippen LogP contribution in [0.1, 0.15) is 11.1 Å². The van der Waals surface area contributed by atoms with E-state index in [1.807, 2.05) is 6.07 Å². The first kappa shape index (κ1) is 12.7. The van der Waals surface area contributed by atoms with Crippen LogP contribution in [0, 0.1) is 23.0 Å². The molecule has 1 heterocycles. The largest absolute Gasteiger partial charge is 0.310 e. The second kappa shape index (κ2) is 5.27. The van der Waals surface area contributed by atoms with E-state index in [4.69, 9.17) is 5.26 Å². The number of hydrogen-bond acceptors (Lipinski definition) is 3. The van der Waals surface area contributed by atoms with Crippen LogP contribution >= 0.6 is 0 Å². The Labute approximate surface area is 106 Å². The van der Waals surface area contributed by atoms with Crippen molar-refractivity contribution in [1.82, 2.24) is 10.2 Å². The summed E-state index contributed by atoms with van der Waals surface area (Å²) in [5.74, 6) is -2.51. The quantitative estimate of drug-likeness (QED) is 0.883. The van der Waals surface area contributed by atoms with Crippen molar-refractivity contribution in [2.45, 2.75) is 6.42 Å². The summed E-state index contributed by atoms with van der Waals surface area (Å²) >= 11 is 0. The summed E-state index contributed by atoms with van der Waals surface area (Å²) in [5.41, 5.74) is 0.101. The maximum atomic E-state index is 13.4. The van der Waals surface area contributed by atoms with Gasteiger partial charge in [0.05, 0.1) is 12.6 Å². The van der Waals surface area contributed by atoms with Crippen LogP contribution in [0.15, 0.2) is 24.4 Å². The highest BCUT2D eigenvalue weighted by molar-refractivity contribution is 5.92. The molecular weight excluding hydrogens is 254 g/mol. The number of hydrogen-bond donors (Lipinski definition) is 2. The Morgan fingerprint density at radius 2 is 2.26 bits per heavy atom. The third kappa shape index (κ3) is 2.74. The molecule has 2 aromatic rings. The predicted octanol–water partition coefficient (Wildman–Crippen LogP) is 1.74. The highest BCUT2D eigenvalue weighted by atomic mass is 19.2. The number of aromatic nitrogens is 2. The van der Waals surface area contributed by atoms with Gasteiger partial charge in [-0.25, -0.2) is 8.78 Å². The first-order valence-corrected chi connectivity index (χ1v) is 5.28. The van der Waals surface area contributed by atoms with E-state index in [1.165, 1.54) is 18.3 Å². The second-order valence-electron chi connectivity index (χ2n) is 3.71. The Morgan fingerprint density at radius 3 is 3.00 bits per heavy atom. The molecule has 0 aliphatic carbocycles. The van der Waals surface area contributed by atoms with Gasteiger partial charge < -0.3 is 5.32 Å². The van der Waals surface area contributed by atoms with Gasteiger partial charge in [0.25, 0.3) is 0 Å². The smallest absolute Gasteiger partial charge is 0.230 e. The molecule has 1 amide bonds. The van der Waals surface area contributed by atoms with Gasteiger partial charge in [-0.2, -0.15) is 10.4 Å². The van der Waals surface area contributed by atoms with Crippen LogP contribution in [0.25, 0.3) is 0 Å². The van der Waals surface area contributed by atoms with Crippen LogP contribution in [0.2, 0.25) is 0 Å². The Kier molecular flexibility index (Phi) is 3.52. The van der Waals surface area contributed by atoms with Crippen LogP contribution in [-0.4, -0.2) is 16.1 Å². The first-order valence-electron chi connectivity index (χ1n) is 5.28. The van der Waals surface area contributed by atoms with Crippen molar-refractivity contribution >= 4 is 11.7 Å². The lowest BCUT2D eigenvalue weighted by atomic mass is 10.1. The number of anilines is 1. The molecule has 19 heavy (non-hydrogen) atoms. The predicted molar refractivity (Wildman–Crippen MR) is 62.0 cm³/mol. The van der Waals surface area contributed by atoms with Crippen molar-refractivity contribution in [3.05, 3.63) is 47.2 Å². The van der Waals surface area contributed by atoms with E-state index in [-0.39, 0.29) is 23.4 Å². The third-order valence-corrected chi connectivity index (χ3v) is 2.41. The van der Waals surface area contributed by atoms with Crippen molar-refractivity contribution in [3.63, 3.8) is 0 Å². The Hall–Kier alpha value is -2.75. The lowest BCUT2D eigenvalue weighted by Crippen LogP contribution is -2.16. The molecule has 1 aromatic heterocycles. The molecule has 0 bridgehead atoms. The molecule has 7 heteroatoms. The van der Waals surface area contributed by atoms with Gasteiger partial charge in [0.2, 0.25) is 5.91 Å². The summed E-state index contributed by atoms with van der Waals surface area (Å²) in [6.45, 7) is 0. The molecule has 0 aliphatic rings. The number of benzene rings is 1. The fourth-order valence-corrected chi connectivity index (χ4v) is 1.51. The van der Waals surface area contributed by atoms with Gasteiger partial charge in [-0.3, -0.25) is 9.89 Å². The number of rotatable bonds is 3. The van der Waals surface area contributed by atoms with Crippen LogP contribution in [-0.2, 0) is 11.2 Å². The normalized spacial score (nSPS) is 9.95. The molecule has 0 unspecified atom stereocenters. The number of amides is 1. The monoisotopic (exact) mass is 262 g/mol. The summed E-state index contributed by atoms with van der Waals surface area (Å²) in [6, 6.07) is 5.43. The summed E-state index contributed by atoms with van der Waals surface area (Å²) in [7, 11) is 0. The fourth-order valence-electron chi connectivity index (χ4n) is 1.51. The number of halogens is 2. The van der Waals surface area contributed by atoms with Crippen molar-refractivity contribution in [3.8, 4) is 6.07 Å². The maximum Gasteiger partial charge on any atom is 0.230 e. The number of aromatic amines is 1. The van der Waals surface area contributed by atoms with E-state index in [9.17, 15) is 13.6 Å². The van der Waals surface area contributed by atoms with Gasteiger partial charge in [0.15, 0.2) is 11.6 Å². The van der Waals surface area contributed by atoms with Crippen LogP contribution in [0.4, 0.5) is 14.6 Å². The van der Waals surface area contributed by atoms with Crippen LogP contribution < -0.4 is 5.32 Å². The zero-order chi connectivity index (χ0) is 13.8. The Bertz CT molecular complexity index is 660. The number of nitrogens with one attached hydrogen (secondary N) is 2. The van der Waals surface area contributed by atoms with Crippen molar-refractivity contribution in [2.75, 3.05) is 5.32 Å². The third-order valence-electron chi connectivity index (χ3n) is 2.41. The van der Waals surface area contributed by atoms with E-state index in [2.05, 4.69) is 15.5 Å². The van der Waals surface area contributed by atoms with E-state index in [0.717, 1.165) is 6.07 Å². The number of carbonyl (C=O) groups excluding carboxylic acids is 1. The molecule has 0 spiro atoms. The van der Waals surface area contributed by atoms with Gasteiger partial charge in [-0.15, -0.1) is 0 Å². The molecule has 1 aromatic carbocycles. The van der Waals surface area contributed by atoms with E-state index in [1.54, 1.807) is 0 Å². The second-order valence-corrected chi connectivity index (χ2v) is 3.71. The Morgan fingerprint density at radius 1 is 1.47 bits per heavy atom. The molecule has 0 atom stereocenters. The van der Waals surface area contributed by atoms with Gasteiger partial charge in [-0.05, 0) is 6.07 Å². The van der Waals surface area contributed by atoms with E-state index >= 15 is 0 Å². The molecule has 0 aliphatic heterocycles. The molecule has 96 valence electrons. The Balaban J connectivity index is 2.10. The summed E-state index contributed by atoms with van der Waals surface area (Å²) in [5, 5.41) is 17.1. The van der Waals surface area contributed by atoms with E-state index in [0.29, 0.717) is 0 Å². The summed E-state index contributed by atoms with van der Waals surface area (Å²) in [6.07, 6.45) is 0.909. The highest BCUT2D eigenvalue weighted by Crippen LogP contribution is 2.14. The summed E-state index contributed by atoms with van der Waals surface area (Å²) in [4.78, 5) is 11.7. The molecule has 2 N–H and O–H groups in total. The van der Waals surface area contributed by atoms with Gasteiger partial charge in [0, 0.05) is 5.56 Å².